The van der Waals surface area contributed by atoms with Crippen molar-refractivity contribution in [3.8, 4) is 0 Å². The highest BCUT2D eigenvalue weighted by molar-refractivity contribution is 7.91. The highest BCUT2D eigenvalue weighted by atomic mass is 32.2. The highest BCUT2D eigenvalue weighted by Gasteiger charge is 2.27. The van der Waals surface area contributed by atoms with Crippen LogP contribution in [0.4, 0.5) is 5.69 Å². The molecule has 0 saturated carbocycles. The predicted molar refractivity (Wildman–Crippen MR) is 78.4 cm³/mol. The number of nitro benzene ring substituents is 1. The van der Waals surface area contributed by atoms with Crippen LogP contribution in [0.5, 0.6) is 0 Å². The molecule has 1 rings (SSSR count). The van der Waals surface area contributed by atoms with Crippen LogP contribution in [-0.4, -0.2) is 30.8 Å². The number of carbonyl (C=O) groups is 1. The van der Waals surface area contributed by atoms with Gasteiger partial charge in [0.15, 0.2) is 9.84 Å². The molecule has 0 bridgehead atoms. The molecule has 1 N–H and O–H groups in total. The lowest BCUT2D eigenvalue weighted by atomic mass is 10.1. The lowest BCUT2D eigenvalue weighted by Gasteiger charge is -2.17. The van der Waals surface area contributed by atoms with Gasteiger partial charge in [0, 0.05) is 24.9 Å². The summed E-state index contributed by atoms with van der Waals surface area (Å²) < 4.78 is 22.8. The Hall–Kier alpha value is -1.96. The van der Waals surface area contributed by atoms with Crippen molar-refractivity contribution in [1.82, 2.24) is 5.32 Å². The first-order valence-corrected chi connectivity index (χ1v) is 8.28. The predicted octanol–water partition coefficient (Wildman–Crippen LogP) is 1.28. The van der Waals surface area contributed by atoms with Gasteiger partial charge in [-0.2, -0.15) is 0 Å². The van der Waals surface area contributed by atoms with Crippen molar-refractivity contribution in [2.75, 3.05) is 6.26 Å². The first-order chi connectivity index (χ1) is 9.62. The van der Waals surface area contributed by atoms with E-state index in [1.165, 1.54) is 19.1 Å². The number of nitrogens with one attached hydrogen (secondary N) is 1. The zero-order chi connectivity index (χ0) is 16.2. The molecular weight excluding hydrogens is 296 g/mol. The largest absolute Gasteiger partial charge is 0.352 e. The number of hydrogen-bond acceptors (Lipinski definition) is 5. The first kappa shape index (κ1) is 17.1. The molecule has 116 valence electrons. The van der Waals surface area contributed by atoms with Crippen molar-refractivity contribution in [1.29, 1.82) is 0 Å². The van der Waals surface area contributed by atoms with Gasteiger partial charge < -0.3 is 5.32 Å². The van der Waals surface area contributed by atoms with Crippen molar-refractivity contribution in [3.63, 3.8) is 0 Å². The van der Waals surface area contributed by atoms with E-state index in [4.69, 9.17) is 0 Å². The van der Waals surface area contributed by atoms with Crippen LogP contribution in [0.3, 0.4) is 0 Å². The van der Waals surface area contributed by atoms with Crippen molar-refractivity contribution in [2.24, 2.45) is 5.92 Å². The Morgan fingerprint density at radius 2 is 1.81 bits per heavy atom. The summed E-state index contributed by atoms with van der Waals surface area (Å²) in [6.45, 7) is 3.24. The lowest BCUT2D eigenvalue weighted by Crippen LogP contribution is -2.37. The van der Waals surface area contributed by atoms with E-state index >= 15 is 0 Å². The van der Waals surface area contributed by atoms with E-state index in [1.807, 2.05) is 0 Å². The van der Waals surface area contributed by atoms with Gasteiger partial charge in [0.2, 0.25) is 5.91 Å². The molecule has 0 fully saturated rings. The molecule has 0 heterocycles. The lowest BCUT2D eigenvalue weighted by molar-refractivity contribution is -0.384. The van der Waals surface area contributed by atoms with E-state index in [1.54, 1.807) is 19.1 Å². The number of non-ortho nitro benzene ring substituents is 1. The van der Waals surface area contributed by atoms with E-state index < -0.39 is 25.9 Å². The molecule has 1 amide bonds. The Balaban J connectivity index is 2.62. The van der Waals surface area contributed by atoms with Gasteiger partial charge in [-0.3, -0.25) is 14.9 Å². The number of sulfone groups is 1. The van der Waals surface area contributed by atoms with Gasteiger partial charge in [-0.05, 0) is 12.5 Å². The standard InChI is InChI=1S/C13H18N2O5S/c1-9(10(2)21(3,19)20)13(16)14-8-11-4-6-12(7-5-11)15(17)18/h4-7,9-10H,8H2,1-3H3,(H,14,16)/t9-,10+/m0/s1. The summed E-state index contributed by atoms with van der Waals surface area (Å²) in [6.07, 6.45) is 1.10. The molecule has 0 aliphatic carbocycles. The second-order valence-corrected chi connectivity index (χ2v) is 7.37. The number of rotatable bonds is 6. The zero-order valence-electron chi connectivity index (χ0n) is 12.1. The Morgan fingerprint density at radius 1 is 1.29 bits per heavy atom. The molecule has 0 saturated heterocycles. The van der Waals surface area contributed by atoms with E-state index in [0.29, 0.717) is 5.56 Å². The zero-order valence-corrected chi connectivity index (χ0v) is 12.9. The van der Waals surface area contributed by atoms with Crippen LogP contribution in [0.1, 0.15) is 19.4 Å². The van der Waals surface area contributed by atoms with E-state index in [9.17, 15) is 23.3 Å². The molecule has 2 atom stereocenters. The minimum absolute atomic E-state index is 0.0239. The summed E-state index contributed by atoms with van der Waals surface area (Å²) in [5.74, 6) is -1.04. The van der Waals surface area contributed by atoms with Crippen LogP contribution in [0.2, 0.25) is 0 Å². The maximum atomic E-state index is 11.9. The van der Waals surface area contributed by atoms with Crippen LogP contribution in [0.25, 0.3) is 0 Å². The fourth-order valence-electron chi connectivity index (χ4n) is 1.67. The normalized spacial score (nSPS) is 14.2. The Morgan fingerprint density at radius 3 is 2.24 bits per heavy atom. The average molecular weight is 314 g/mol. The Bertz CT molecular complexity index is 624. The molecule has 7 nitrogen and oxygen atoms in total. The fourth-order valence-corrected chi connectivity index (χ4v) is 2.53. The third-order valence-electron chi connectivity index (χ3n) is 3.41. The second kappa shape index (κ2) is 6.66. The highest BCUT2D eigenvalue weighted by Crippen LogP contribution is 2.13. The van der Waals surface area contributed by atoms with Gasteiger partial charge in [-0.25, -0.2) is 8.42 Å². The SMILES string of the molecule is C[C@H](C(=O)NCc1ccc([N+](=O)[O-])cc1)[C@@H](C)S(C)(=O)=O. The number of hydrogen-bond donors (Lipinski definition) is 1. The summed E-state index contributed by atoms with van der Waals surface area (Å²) in [7, 11) is -3.28. The summed E-state index contributed by atoms with van der Waals surface area (Å²) in [6, 6.07) is 5.79. The molecule has 0 unspecified atom stereocenters. The van der Waals surface area contributed by atoms with Crippen LogP contribution in [0, 0.1) is 16.0 Å². The van der Waals surface area contributed by atoms with Crippen LogP contribution in [0.15, 0.2) is 24.3 Å². The number of amides is 1. The van der Waals surface area contributed by atoms with Crippen molar-refractivity contribution >= 4 is 21.4 Å². The van der Waals surface area contributed by atoms with Crippen LogP contribution < -0.4 is 5.32 Å². The molecule has 0 radical (unpaired) electrons. The van der Waals surface area contributed by atoms with Crippen molar-refractivity contribution in [2.45, 2.75) is 25.6 Å². The summed E-state index contributed by atoms with van der Waals surface area (Å²) in [4.78, 5) is 21.9. The van der Waals surface area contributed by atoms with E-state index in [-0.39, 0.29) is 18.1 Å². The van der Waals surface area contributed by atoms with Gasteiger partial charge in [0.1, 0.15) is 0 Å². The third-order valence-corrected chi connectivity index (χ3v) is 5.17. The second-order valence-electron chi connectivity index (χ2n) is 4.96. The topological polar surface area (TPSA) is 106 Å². The average Bonchev–Trinajstić information content (AvgIpc) is 2.42. The minimum Gasteiger partial charge on any atom is -0.352 e. The molecule has 0 aliphatic heterocycles. The molecule has 0 aromatic heterocycles. The molecule has 0 aliphatic rings. The van der Waals surface area contributed by atoms with Gasteiger partial charge in [-0.15, -0.1) is 0 Å². The molecule has 1 aromatic rings. The van der Waals surface area contributed by atoms with Crippen LogP contribution >= 0.6 is 0 Å². The summed E-state index contributed by atoms with van der Waals surface area (Å²) >= 11 is 0. The van der Waals surface area contributed by atoms with Crippen LogP contribution in [-0.2, 0) is 21.2 Å². The molecule has 1 aromatic carbocycles. The van der Waals surface area contributed by atoms with E-state index in [0.717, 1.165) is 6.26 Å². The van der Waals surface area contributed by atoms with E-state index in [2.05, 4.69) is 5.32 Å². The quantitative estimate of drug-likeness (QED) is 0.629. The maximum absolute atomic E-state index is 11.9. The monoisotopic (exact) mass is 314 g/mol. The fraction of sp³-hybridized carbons (Fsp3) is 0.462. The smallest absolute Gasteiger partial charge is 0.269 e. The molecular formula is C13H18N2O5S. The third kappa shape index (κ3) is 4.82. The molecule has 21 heavy (non-hydrogen) atoms. The Labute approximate surface area is 123 Å². The van der Waals surface area contributed by atoms with Gasteiger partial charge in [0.25, 0.3) is 5.69 Å². The summed E-state index contributed by atoms with van der Waals surface area (Å²) in [5, 5.41) is 12.4. The Kier molecular flexibility index (Phi) is 5.42. The van der Waals surface area contributed by atoms with Gasteiger partial charge >= 0.3 is 0 Å². The minimum atomic E-state index is -3.28. The number of nitro groups is 1. The van der Waals surface area contributed by atoms with Gasteiger partial charge in [-0.1, -0.05) is 19.1 Å². The molecule has 0 spiro atoms. The van der Waals surface area contributed by atoms with Crippen molar-refractivity contribution in [3.05, 3.63) is 39.9 Å². The number of nitrogens with zero attached hydrogens (tertiary/aromatic N) is 1. The first-order valence-electron chi connectivity index (χ1n) is 6.33. The summed E-state index contributed by atoms with van der Waals surface area (Å²) in [5.41, 5.74) is 0.678. The number of carbonyl (C=O) groups excluding carboxylic acids is 1. The van der Waals surface area contributed by atoms with Crippen molar-refractivity contribution < 1.29 is 18.1 Å². The maximum Gasteiger partial charge on any atom is 0.269 e. The number of benzene rings is 1. The van der Waals surface area contributed by atoms with Gasteiger partial charge in [0.05, 0.1) is 16.1 Å². The molecule has 8 heteroatoms.